The molecule has 2 aromatic carbocycles. The van der Waals surface area contributed by atoms with Gasteiger partial charge < -0.3 is 14.2 Å². The minimum absolute atomic E-state index is 0.0424. The fourth-order valence-electron chi connectivity index (χ4n) is 2.20. The summed E-state index contributed by atoms with van der Waals surface area (Å²) < 4.78 is 10.7. The third kappa shape index (κ3) is 4.44. The van der Waals surface area contributed by atoms with Crippen LogP contribution in [-0.4, -0.2) is 34.6 Å². The summed E-state index contributed by atoms with van der Waals surface area (Å²) in [4.78, 5) is 18.0. The first-order valence-corrected chi connectivity index (χ1v) is 7.93. The molecule has 0 aliphatic heterocycles. The molecule has 0 radical (unpaired) electrons. The second-order valence-electron chi connectivity index (χ2n) is 5.73. The van der Waals surface area contributed by atoms with Crippen molar-refractivity contribution in [3.05, 3.63) is 66.1 Å². The van der Waals surface area contributed by atoms with E-state index in [2.05, 4.69) is 10.1 Å². The van der Waals surface area contributed by atoms with E-state index in [1.54, 1.807) is 7.05 Å². The van der Waals surface area contributed by atoms with Crippen LogP contribution in [0.3, 0.4) is 0 Å². The van der Waals surface area contributed by atoms with Crippen molar-refractivity contribution in [1.29, 1.82) is 0 Å². The number of aromatic nitrogens is 2. The number of hydrogen-bond donors (Lipinski definition) is 0. The van der Waals surface area contributed by atoms with E-state index in [-0.39, 0.29) is 19.1 Å². The Labute approximate surface area is 146 Å². The van der Waals surface area contributed by atoms with Gasteiger partial charge in [-0.1, -0.05) is 53.2 Å². The normalized spacial score (nSPS) is 10.5. The van der Waals surface area contributed by atoms with Crippen molar-refractivity contribution in [3.63, 3.8) is 0 Å². The molecular weight excluding hydrogens is 318 g/mol. The van der Waals surface area contributed by atoms with E-state index in [0.717, 1.165) is 11.1 Å². The lowest BCUT2D eigenvalue weighted by atomic mass is 10.2. The molecule has 25 heavy (non-hydrogen) atoms. The SMILES string of the molecule is Cc1ccc(OCC(=O)N(C)Cc2nc(-c3ccccc3)no2)cc1. The van der Waals surface area contributed by atoms with Crippen LogP contribution in [0.1, 0.15) is 11.5 Å². The summed E-state index contributed by atoms with van der Waals surface area (Å²) in [6, 6.07) is 17.1. The maximum Gasteiger partial charge on any atom is 0.260 e. The van der Waals surface area contributed by atoms with Gasteiger partial charge >= 0.3 is 0 Å². The molecule has 0 atom stereocenters. The van der Waals surface area contributed by atoms with Gasteiger partial charge in [0.2, 0.25) is 11.7 Å². The van der Waals surface area contributed by atoms with Gasteiger partial charge in [-0.2, -0.15) is 4.98 Å². The molecule has 0 spiro atoms. The number of hydrogen-bond acceptors (Lipinski definition) is 5. The lowest BCUT2D eigenvalue weighted by molar-refractivity contribution is -0.132. The Morgan fingerprint density at radius 2 is 1.84 bits per heavy atom. The number of benzene rings is 2. The number of aryl methyl sites for hydroxylation is 1. The van der Waals surface area contributed by atoms with E-state index in [1.165, 1.54) is 4.90 Å². The van der Waals surface area contributed by atoms with Crippen molar-refractivity contribution in [2.75, 3.05) is 13.7 Å². The Balaban J connectivity index is 1.54. The van der Waals surface area contributed by atoms with E-state index in [4.69, 9.17) is 9.26 Å². The molecule has 3 aromatic rings. The van der Waals surface area contributed by atoms with Crippen LogP contribution in [0.25, 0.3) is 11.4 Å². The average Bonchev–Trinajstić information content (AvgIpc) is 3.10. The van der Waals surface area contributed by atoms with Crippen molar-refractivity contribution in [3.8, 4) is 17.1 Å². The largest absolute Gasteiger partial charge is 0.484 e. The standard InChI is InChI=1S/C19H19N3O3/c1-14-8-10-16(11-9-14)24-13-18(23)22(2)12-17-20-19(21-25-17)15-6-4-3-5-7-15/h3-11H,12-13H2,1-2H3. The number of nitrogens with zero attached hydrogens (tertiary/aromatic N) is 3. The van der Waals surface area contributed by atoms with Crippen molar-refractivity contribution in [2.24, 2.45) is 0 Å². The van der Waals surface area contributed by atoms with Crippen LogP contribution in [0.5, 0.6) is 5.75 Å². The average molecular weight is 337 g/mol. The van der Waals surface area contributed by atoms with E-state index < -0.39 is 0 Å². The molecule has 0 bridgehead atoms. The van der Waals surface area contributed by atoms with E-state index in [9.17, 15) is 4.79 Å². The van der Waals surface area contributed by atoms with E-state index in [1.807, 2.05) is 61.5 Å². The maximum atomic E-state index is 12.2. The number of ether oxygens (including phenoxy) is 1. The number of carbonyl (C=O) groups is 1. The second kappa shape index (κ2) is 7.61. The Hall–Kier alpha value is -3.15. The molecule has 1 aromatic heterocycles. The van der Waals surface area contributed by atoms with Gasteiger partial charge in [0.25, 0.3) is 5.91 Å². The smallest absolute Gasteiger partial charge is 0.260 e. The minimum atomic E-state index is -0.167. The molecule has 0 aliphatic carbocycles. The Bertz CT molecular complexity index is 829. The first kappa shape index (κ1) is 16.7. The quantitative estimate of drug-likeness (QED) is 0.691. The highest BCUT2D eigenvalue weighted by Gasteiger charge is 2.15. The van der Waals surface area contributed by atoms with Gasteiger partial charge in [-0.05, 0) is 19.1 Å². The number of likely N-dealkylation sites (N-methyl/N-ethyl adjacent to an activating group) is 1. The molecule has 0 N–H and O–H groups in total. The zero-order chi connectivity index (χ0) is 17.6. The maximum absolute atomic E-state index is 12.2. The monoisotopic (exact) mass is 337 g/mol. The molecule has 0 aliphatic rings. The molecule has 1 heterocycles. The first-order valence-electron chi connectivity index (χ1n) is 7.93. The van der Waals surface area contributed by atoms with Crippen LogP contribution in [0, 0.1) is 6.92 Å². The van der Waals surface area contributed by atoms with E-state index >= 15 is 0 Å². The molecule has 0 fully saturated rings. The second-order valence-corrected chi connectivity index (χ2v) is 5.73. The van der Waals surface area contributed by atoms with Crippen molar-refractivity contribution >= 4 is 5.91 Å². The van der Waals surface area contributed by atoms with Gasteiger partial charge in [-0.15, -0.1) is 0 Å². The van der Waals surface area contributed by atoms with Gasteiger partial charge in [0, 0.05) is 12.6 Å². The molecule has 1 amide bonds. The third-order valence-corrected chi connectivity index (χ3v) is 3.68. The first-order chi connectivity index (χ1) is 12.1. The molecule has 3 rings (SSSR count). The summed E-state index contributed by atoms with van der Waals surface area (Å²) in [5.74, 6) is 1.38. The zero-order valence-electron chi connectivity index (χ0n) is 14.2. The molecule has 6 nitrogen and oxygen atoms in total. The van der Waals surface area contributed by atoms with Crippen LogP contribution in [0.4, 0.5) is 0 Å². The number of carbonyl (C=O) groups excluding carboxylic acids is 1. The van der Waals surface area contributed by atoms with Gasteiger partial charge in [0.05, 0.1) is 6.54 Å². The molecular formula is C19H19N3O3. The fraction of sp³-hybridized carbons (Fsp3) is 0.211. The summed E-state index contributed by atoms with van der Waals surface area (Å²) in [5, 5.41) is 3.95. The summed E-state index contributed by atoms with van der Waals surface area (Å²) in [6.07, 6.45) is 0. The minimum Gasteiger partial charge on any atom is -0.484 e. The van der Waals surface area contributed by atoms with Gasteiger partial charge in [0.15, 0.2) is 6.61 Å². The van der Waals surface area contributed by atoms with Crippen LogP contribution >= 0.6 is 0 Å². The lowest BCUT2D eigenvalue weighted by Crippen LogP contribution is -2.31. The van der Waals surface area contributed by atoms with Crippen LogP contribution < -0.4 is 4.74 Å². The fourth-order valence-corrected chi connectivity index (χ4v) is 2.20. The van der Waals surface area contributed by atoms with Crippen molar-refractivity contribution in [1.82, 2.24) is 15.0 Å². The van der Waals surface area contributed by atoms with Crippen LogP contribution in [-0.2, 0) is 11.3 Å². The molecule has 0 saturated heterocycles. The third-order valence-electron chi connectivity index (χ3n) is 3.68. The summed E-state index contributed by atoms with van der Waals surface area (Å²) in [6.45, 7) is 2.19. The van der Waals surface area contributed by atoms with Gasteiger partial charge in [0.1, 0.15) is 5.75 Å². The highest BCUT2D eigenvalue weighted by molar-refractivity contribution is 5.77. The molecule has 0 unspecified atom stereocenters. The Morgan fingerprint density at radius 1 is 1.12 bits per heavy atom. The number of amides is 1. The highest BCUT2D eigenvalue weighted by Crippen LogP contribution is 2.15. The van der Waals surface area contributed by atoms with Crippen LogP contribution in [0.2, 0.25) is 0 Å². The Kier molecular flexibility index (Phi) is 5.09. The van der Waals surface area contributed by atoms with E-state index in [0.29, 0.717) is 17.5 Å². The Morgan fingerprint density at radius 3 is 2.56 bits per heavy atom. The van der Waals surface area contributed by atoms with Crippen LogP contribution in [0.15, 0.2) is 59.1 Å². The lowest BCUT2D eigenvalue weighted by Gasteiger charge is -2.15. The summed E-state index contributed by atoms with van der Waals surface area (Å²) >= 11 is 0. The zero-order valence-corrected chi connectivity index (χ0v) is 14.2. The molecule has 128 valence electrons. The number of rotatable bonds is 6. The van der Waals surface area contributed by atoms with Gasteiger partial charge in [-0.25, -0.2) is 0 Å². The van der Waals surface area contributed by atoms with Gasteiger partial charge in [-0.3, -0.25) is 4.79 Å². The van der Waals surface area contributed by atoms with Crippen molar-refractivity contribution in [2.45, 2.75) is 13.5 Å². The molecule has 0 saturated carbocycles. The van der Waals surface area contributed by atoms with Crippen molar-refractivity contribution < 1.29 is 14.1 Å². The predicted octanol–water partition coefficient (Wildman–Crippen LogP) is 3.08. The predicted molar refractivity (Wildman–Crippen MR) is 92.9 cm³/mol. The summed E-state index contributed by atoms with van der Waals surface area (Å²) in [7, 11) is 1.67. The molecule has 6 heteroatoms. The summed E-state index contributed by atoms with van der Waals surface area (Å²) in [5.41, 5.74) is 2.01. The topological polar surface area (TPSA) is 68.5 Å². The highest BCUT2D eigenvalue weighted by atomic mass is 16.5.